The van der Waals surface area contributed by atoms with Gasteiger partial charge in [-0.2, -0.15) is 5.10 Å². The first-order valence-corrected chi connectivity index (χ1v) is 6.23. The molecule has 1 unspecified atom stereocenters. The van der Waals surface area contributed by atoms with E-state index in [0.29, 0.717) is 0 Å². The fourth-order valence-corrected chi connectivity index (χ4v) is 1.57. The SMILES string of the molecule is CS(=O)(=O)c1cnn(CC(Cl)C(=O)O)c1. The molecule has 0 saturated carbocycles. The number of sulfone groups is 1. The minimum Gasteiger partial charge on any atom is -0.480 e. The Bertz CT molecular complexity index is 467. The minimum absolute atomic E-state index is 0.0387. The quantitative estimate of drug-likeness (QED) is 0.761. The molecule has 0 amide bonds. The van der Waals surface area contributed by atoms with E-state index in [1.807, 2.05) is 0 Å². The first-order valence-electron chi connectivity index (χ1n) is 3.90. The van der Waals surface area contributed by atoms with Gasteiger partial charge in [-0.25, -0.2) is 8.42 Å². The van der Waals surface area contributed by atoms with Gasteiger partial charge in [-0.3, -0.25) is 9.48 Å². The molecule has 0 fully saturated rings. The number of carboxylic acids is 1. The number of aromatic nitrogens is 2. The molecule has 0 aliphatic rings. The van der Waals surface area contributed by atoms with E-state index < -0.39 is 21.2 Å². The number of alkyl halides is 1. The Balaban J connectivity index is 2.82. The van der Waals surface area contributed by atoms with E-state index in [0.717, 1.165) is 12.5 Å². The molecule has 1 N–H and O–H groups in total. The van der Waals surface area contributed by atoms with Gasteiger partial charge in [-0.15, -0.1) is 11.6 Å². The van der Waals surface area contributed by atoms with Crippen LogP contribution in [0, 0.1) is 0 Å². The van der Waals surface area contributed by atoms with Crippen LogP contribution in [0.3, 0.4) is 0 Å². The van der Waals surface area contributed by atoms with Crippen molar-refractivity contribution < 1.29 is 18.3 Å². The maximum Gasteiger partial charge on any atom is 0.323 e. The van der Waals surface area contributed by atoms with Gasteiger partial charge < -0.3 is 5.11 Å². The van der Waals surface area contributed by atoms with Crippen molar-refractivity contribution in [2.45, 2.75) is 16.8 Å². The summed E-state index contributed by atoms with van der Waals surface area (Å²) in [4.78, 5) is 10.5. The smallest absolute Gasteiger partial charge is 0.323 e. The minimum atomic E-state index is -3.31. The summed E-state index contributed by atoms with van der Waals surface area (Å²) in [6.45, 7) is -0.0770. The summed E-state index contributed by atoms with van der Waals surface area (Å²) in [5.74, 6) is -1.17. The highest BCUT2D eigenvalue weighted by Crippen LogP contribution is 2.08. The number of hydrogen-bond donors (Lipinski definition) is 1. The van der Waals surface area contributed by atoms with E-state index in [2.05, 4.69) is 5.10 Å². The zero-order valence-corrected chi connectivity index (χ0v) is 9.36. The van der Waals surface area contributed by atoms with Gasteiger partial charge in [0.2, 0.25) is 0 Å². The molecule has 6 nitrogen and oxygen atoms in total. The molecule has 1 heterocycles. The van der Waals surface area contributed by atoms with Crippen molar-refractivity contribution >= 4 is 27.4 Å². The summed E-state index contributed by atoms with van der Waals surface area (Å²) in [6.07, 6.45) is 3.44. The summed E-state index contributed by atoms with van der Waals surface area (Å²) in [5, 5.41) is 11.1. The molecular weight excluding hydrogens is 244 g/mol. The van der Waals surface area contributed by atoms with Gasteiger partial charge >= 0.3 is 5.97 Å². The molecular formula is C7H9ClN2O4S. The van der Waals surface area contributed by atoms with Crippen molar-refractivity contribution in [2.24, 2.45) is 0 Å². The lowest BCUT2D eigenvalue weighted by atomic mass is 10.4. The molecule has 1 aromatic heterocycles. The predicted molar refractivity (Wildman–Crippen MR) is 52.6 cm³/mol. The van der Waals surface area contributed by atoms with Gasteiger partial charge in [-0.05, 0) is 0 Å². The second-order valence-corrected chi connectivity index (χ2v) is 5.52. The highest BCUT2D eigenvalue weighted by Gasteiger charge is 2.16. The Labute approximate surface area is 91.4 Å². The third kappa shape index (κ3) is 3.21. The van der Waals surface area contributed by atoms with E-state index in [1.54, 1.807) is 0 Å². The molecule has 15 heavy (non-hydrogen) atoms. The summed E-state index contributed by atoms with van der Waals surface area (Å²) in [6, 6.07) is 0. The average molecular weight is 253 g/mol. The van der Waals surface area contributed by atoms with Crippen LogP contribution in [-0.2, 0) is 21.2 Å². The molecule has 0 bridgehead atoms. The Morgan fingerprint density at radius 2 is 2.33 bits per heavy atom. The number of aliphatic carboxylic acids is 1. The van der Waals surface area contributed by atoms with Crippen LogP contribution < -0.4 is 0 Å². The van der Waals surface area contributed by atoms with Gasteiger partial charge in [-0.1, -0.05) is 0 Å². The first-order chi connectivity index (χ1) is 6.80. The second kappa shape index (κ2) is 4.19. The van der Waals surface area contributed by atoms with Crippen LogP contribution >= 0.6 is 11.6 Å². The monoisotopic (exact) mass is 252 g/mol. The van der Waals surface area contributed by atoms with Gasteiger partial charge in [0, 0.05) is 12.5 Å². The molecule has 0 aliphatic heterocycles. The van der Waals surface area contributed by atoms with Crippen molar-refractivity contribution in [3.63, 3.8) is 0 Å². The first kappa shape index (κ1) is 12.0. The standard InChI is InChI=1S/C7H9ClN2O4S/c1-15(13,14)5-2-9-10(3-5)4-6(8)7(11)12/h2-3,6H,4H2,1H3,(H,11,12). The average Bonchev–Trinajstić information content (AvgIpc) is 2.51. The van der Waals surface area contributed by atoms with Crippen LogP contribution in [0.5, 0.6) is 0 Å². The molecule has 1 atom stereocenters. The Morgan fingerprint density at radius 1 is 1.73 bits per heavy atom. The molecule has 0 radical (unpaired) electrons. The van der Waals surface area contributed by atoms with Crippen molar-refractivity contribution in [1.82, 2.24) is 9.78 Å². The Hall–Kier alpha value is -1.08. The fraction of sp³-hybridized carbons (Fsp3) is 0.429. The van der Waals surface area contributed by atoms with Gasteiger partial charge in [0.05, 0.1) is 12.7 Å². The lowest BCUT2D eigenvalue weighted by Gasteiger charge is -2.03. The lowest BCUT2D eigenvalue weighted by molar-refractivity contribution is -0.136. The summed E-state index contributed by atoms with van der Waals surface area (Å²) in [7, 11) is -3.31. The predicted octanol–water partition coefficient (Wildman–Crippen LogP) is -0.0214. The molecule has 0 saturated heterocycles. The maximum atomic E-state index is 11.1. The molecule has 0 aliphatic carbocycles. The number of nitrogens with zero attached hydrogens (tertiary/aromatic N) is 2. The number of rotatable bonds is 4. The van der Waals surface area contributed by atoms with Crippen LogP contribution in [0.2, 0.25) is 0 Å². The van der Waals surface area contributed by atoms with E-state index >= 15 is 0 Å². The number of halogens is 1. The Morgan fingerprint density at radius 3 is 2.73 bits per heavy atom. The van der Waals surface area contributed by atoms with Crippen LogP contribution in [0.1, 0.15) is 0 Å². The van der Waals surface area contributed by atoms with E-state index in [4.69, 9.17) is 16.7 Å². The third-order valence-electron chi connectivity index (χ3n) is 1.65. The summed E-state index contributed by atoms with van der Waals surface area (Å²) < 4.78 is 23.3. The second-order valence-electron chi connectivity index (χ2n) is 2.98. The van der Waals surface area contributed by atoms with Crippen molar-refractivity contribution in [3.05, 3.63) is 12.4 Å². The highest BCUT2D eigenvalue weighted by molar-refractivity contribution is 7.90. The third-order valence-corrected chi connectivity index (χ3v) is 3.04. The number of carboxylic acid groups (broad SMARTS) is 1. The molecule has 84 valence electrons. The van der Waals surface area contributed by atoms with E-state index in [-0.39, 0.29) is 11.4 Å². The lowest BCUT2D eigenvalue weighted by Crippen LogP contribution is -2.20. The largest absolute Gasteiger partial charge is 0.480 e. The maximum absolute atomic E-state index is 11.1. The van der Waals surface area contributed by atoms with Crippen LogP contribution in [0.15, 0.2) is 17.3 Å². The van der Waals surface area contributed by atoms with Gasteiger partial charge in [0.15, 0.2) is 15.2 Å². The van der Waals surface area contributed by atoms with Crippen LogP contribution in [0.25, 0.3) is 0 Å². The molecule has 0 spiro atoms. The molecule has 0 aromatic carbocycles. The normalized spacial score (nSPS) is 13.7. The topological polar surface area (TPSA) is 89.3 Å². The van der Waals surface area contributed by atoms with E-state index in [9.17, 15) is 13.2 Å². The summed E-state index contributed by atoms with van der Waals surface area (Å²) in [5.41, 5.74) is 0. The zero-order valence-electron chi connectivity index (χ0n) is 7.79. The number of hydrogen-bond acceptors (Lipinski definition) is 4. The van der Waals surface area contributed by atoms with Gasteiger partial charge in [0.25, 0.3) is 0 Å². The molecule has 1 aromatic rings. The fourth-order valence-electron chi connectivity index (χ4n) is 0.878. The molecule has 8 heteroatoms. The van der Waals surface area contributed by atoms with Gasteiger partial charge in [0.1, 0.15) is 4.90 Å². The Kier molecular flexibility index (Phi) is 3.35. The van der Waals surface area contributed by atoms with Crippen LogP contribution in [0.4, 0.5) is 0 Å². The zero-order chi connectivity index (χ0) is 11.6. The molecule has 1 rings (SSSR count). The number of carbonyl (C=O) groups is 1. The van der Waals surface area contributed by atoms with Crippen molar-refractivity contribution in [1.29, 1.82) is 0 Å². The van der Waals surface area contributed by atoms with E-state index in [1.165, 1.54) is 10.9 Å². The summed E-state index contributed by atoms with van der Waals surface area (Å²) >= 11 is 5.46. The van der Waals surface area contributed by atoms with Crippen molar-refractivity contribution in [3.8, 4) is 0 Å². The van der Waals surface area contributed by atoms with Crippen molar-refractivity contribution in [2.75, 3.05) is 6.26 Å². The van der Waals surface area contributed by atoms with Crippen LogP contribution in [-0.4, -0.2) is 40.9 Å². The highest BCUT2D eigenvalue weighted by atomic mass is 35.5.